The highest BCUT2D eigenvalue weighted by Gasteiger charge is 2.07. The molecule has 0 aliphatic rings. The molecular formula is C20H17N5O. The van der Waals surface area contributed by atoms with Crippen LogP contribution in [0.2, 0.25) is 0 Å². The van der Waals surface area contributed by atoms with Crippen molar-refractivity contribution in [3.63, 3.8) is 0 Å². The fourth-order valence-corrected chi connectivity index (χ4v) is 2.71. The third kappa shape index (κ3) is 3.39. The van der Waals surface area contributed by atoms with Crippen LogP contribution in [-0.4, -0.2) is 25.9 Å². The minimum Gasteiger partial charge on any atom is -0.348 e. The van der Waals surface area contributed by atoms with Gasteiger partial charge in [-0.1, -0.05) is 30.3 Å². The molecule has 1 amide bonds. The van der Waals surface area contributed by atoms with Crippen LogP contribution in [0.4, 0.5) is 0 Å². The van der Waals surface area contributed by atoms with Gasteiger partial charge in [0.05, 0.1) is 11.4 Å². The van der Waals surface area contributed by atoms with Crippen LogP contribution in [0, 0.1) is 0 Å². The van der Waals surface area contributed by atoms with E-state index in [1.54, 1.807) is 23.1 Å². The number of nitrogens with one attached hydrogen (secondary N) is 2. The first-order valence-electron chi connectivity index (χ1n) is 8.26. The summed E-state index contributed by atoms with van der Waals surface area (Å²) in [5.74, 6) is -0.114. The Morgan fingerprint density at radius 3 is 2.65 bits per heavy atom. The van der Waals surface area contributed by atoms with Gasteiger partial charge in [-0.3, -0.25) is 9.89 Å². The lowest BCUT2D eigenvalue weighted by Crippen LogP contribution is -2.22. The number of aromatic nitrogens is 4. The minimum absolute atomic E-state index is 0.114. The second-order valence-electron chi connectivity index (χ2n) is 5.85. The van der Waals surface area contributed by atoms with Crippen molar-refractivity contribution in [2.24, 2.45) is 0 Å². The molecule has 0 radical (unpaired) electrons. The van der Waals surface area contributed by atoms with Crippen molar-refractivity contribution in [3.8, 4) is 16.9 Å². The molecule has 0 saturated carbocycles. The van der Waals surface area contributed by atoms with Crippen molar-refractivity contribution >= 4 is 5.91 Å². The van der Waals surface area contributed by atoms with Crippen LogP contribution in [0.25, 0.3) is 16.9 Å². The Hall–Kier alpha value is -3.67. The van der Waals surface area contributed by atoms with Gasteiger partial charge in [0.2, 0.25) is 0 Å². The zero-order valence-electron chi connectivity index (χ0n) is 14.0. The minimum atomic E-state index is -0.114. The van der Waals surface area contributed by atoms with E-state index in [1.807, 2.05) is 60.8 Å². The van der Waals surface area contributed by atoms with E-state index in [0.717, 1.165) is 22.5 Å². The summed E-state index contributed by atoms with van der Waals surface area (Å²) in [6.45, 7) is 0.466. The Morgan fingerprint density at radius 1 is 1.04 bits per heavy atom. The fraction of sp³-hybridized carbons (Fsp3) is 0.0500. The molecule has 4 aromatic rings. The maximum absolute atomic E-state index is 12.4. The monoisotopic (exact) mass is 343 g/mol. The highest BCUT2D eigenvalue weighted by Crippen LogP contribution is 2.16. The normalized spacial score (nSPS) is 10.6. The molecular weight excluding hydrogens is 326 g/mol. The van der Waals surface area contributed by atoms with Gasteiger partial charge in [-0.25, -0.2) is 4.68 Å². The van der Waals surface area contributed by atoms with Gasteiger partial charge in [-0.15, -0.1) is 0 Å². The standard InChI is InChI=1S/C20H17N5O/c26-20(17-3-1-4-18(13-17)25-12-2-10-23-25)21-14-15-5-7-16(8-6-15)19-9-11-22-24-19/h1-13H,14H2,(H,21,26)(H,22,24). The number of carbonyl (C=O) groups is 1. The van der Waals surface area contributed by atoms with Gasteiger partial charge >= 0.3 is 0 Å². The number of amides is 1. The van der Waals surface area contributed by atoms with E-state index in [-0.39, 0.29) is 5.91 Å². The van der Waals surface area contributed by atoms with Crippen LogP contribution in [0.1, 0.15) is 15.9 Å². The van der Waals surface area contributed by atoms with E-state index < -0.39 is 0 Å². The lowest BCUT2D eigenvalue weighted by atomic mass is 10.1. The maximum atomic E-state index is 12.4. The van der Waals surface area contributed by atoms with Gasteiger partial charge in [0.1, 0.15) is 0 Å². The molecule has 2 N–H and O–H groups in total. The van der Waals surface area contributed by atoms with E-state index in [1.165, 1.54) is 0 Å². The first-order chi connectivity index (χ1) is 12.8. The summed E-state index contributed by atoms with van der Waals surface area (Å²) in [6.07, 6.45) is 5.28. The van der Waals surface area contributed by atoms with Crippen molar-refractivity contribution in [1.29, 1.82) is 0 Å². The molecule has 6 nitrogen and oxygen atoms in total. The summed E-state index contributed by atoms with van der Waals surface area (Å²) in [4.78, 5) is 12.4. The maximum Gasteiger partial charge on any atom is 0.251 e. The number of hydrogen-bond acceptors (Lipinski definition) is 3. The number of benzene rings is 2. The zero-order chi connectivity index (χ0) is 17.8. The zero-order valence-corrected chi connectivity index (χ0v) is 14.0. The molecule has 128 valence electrons. The molecule has 0 fully saturated rings. The van der Waals surface area contributed by atoms with Crippen LogP contribution in [0.15, 0.2) is 79.3 Å². The molecule has 4 rings (SSSR count). The number of rotatable bonds is 5. The highest BCUT2D eigenvalue weighted by atomic mass is 16.1. The van der Waals surface area contributed by atoms with E-state index in [4.69, 9.17) is 0 Å². The quantitative estimate of drug-likeness (QED) is 0.584. The van der Waals surface area contributed by atoms with Gasteiger partial charge in [-0.05, 0) is 41.5 Å². The number of carbonyl (C=O) groups excluding carboxylic acids is 1. The summed E-state index contributed by atoms with van der Waals surface area (Å²) in [7, 11) is 0. The number of hydrogen-bond donors (Lipinski definition) is 2. The highest BCUT2D eigenvalue weighted by molar-refractivity contribution is 5.94. The SMILES string of the molecule is O=C(NCc1ccc(-c2ccn[nH]2)cc1)c1cccc(-n2cccn2)c1. The molecule has 0 atom stereocenters. The van der Waals surface area contributed by atoms with Gasteiger partial charge in [-0.2, -0.15) is 10.2 Å². The van der Waals surface area contributed by atoms with Crippen LogP contribution in [-0.2, 0) is 6.54 Å². The Labute approximate surface area is 150 Å². The molecule has 26 heavy (non-hydrogen) atoms. The molecule has 6 heteroatoms. The summed E-state index contributed by atoms with van der Waals surface area (Å²) in [6, 6.07) is 19.2. The first kappa shape index (κ1) is 15.8. The van der Waals surface area contributed by atoms with Crippen molar-refractivity contribution in [2.75, 3.05) is 0 Å². The smallest absolute Gasteiger partial charge is 0.251 e. The molecule has 2 aromatic heterocycles. The van der Waals surface area contributed by atoms with E-state index in [2.05, 4.69) is 20.6 Å². The second kappa shape index (κ2) is 7.06. The summed E-state index contributed by atoms with van der Waals surface area (Å²) in [5, 5.41) is 14.0. The van der Waals surface area contributed by atoms with Crippen molar-refractivity contribution < 1.29 is 4.79 Å². The van der Waals surface area contributed by atoms with Crippen LogP contribution in [0.5, 0.6) is 0 Å². The Kier molecular flexibility index (Phi) is 4.30. The molecule has 0 spiro atoms. The lowest BCUT2D eigenvalue weighted by Gasteiger charge is -2.08. The topological polar surface area (TPSA) is 75.6 Å². The van der Waals surface area contributed by atoms with E-state index >= 15 is 0 Å². The number of aromatic amines is 1. The average molecular weight is 343 g/mol. The van der Waals surface area contributed by atoms with Crippen molar-refractivity contribution in [3.05, 3.63) is 90.4 Å². The fourth-order valence-electron chi connectivity index (χ4n) is 2.71. The Balaban J connectivity index is 1.42. The average Bonchev–Trinajstić information content (AvgIpc) is 3.40. The Morgan fingerprint density at radius 2 is 1.92 bits per heavy atom. The van der Waals surface area contributed by atoms with E-state index in [0.29, 0.717) is 12.1 Å². The molecule has 0 unspecified atom stereocenters. The first-order valence-corrected chi connectivity index (χ1v) is 8.26. The predicted octanol–water partition coefficient (Wildman–Crippen LogP) is 3.19. The molecule has 0 bridgehead atoms. The van der Waals surface area contributed by atoms with Crippen molar-refractivity contribution in [2.45, 2.75) is 6.54 Å². The van der Waals surface area contributed by atoms with E-state index in [9.17, 15) is 4.79 Å². The number of nitrogens with zero attached hydrogens (tertiary/aromatic N) is 3. The molecule has 2 heterocycles. The largest absolute Gasteiger partial charge is 0.348 e. The van der Waals surface area contributed by atoms with Gasteiger partial charge < -0.3 is 5.32 Å². The van der Waals surface area contributed by atoms with Crippen LogP contribution >= 0.6 is 0 Å². The summed E-state index contributed by atoms with van der Waals surface area (Å²) < 4.78 is 1.73. The summed E-state index contributed by atoms with van der Waals surface area (Å²) in [5.41, 5.74) is 4.52. The lowest BCUT2D eigenvalue weighted by molar-refractivity contribution is 0.0951. The molecule has 0 aliphatic carbocycles. The predicted molar refractivity (Wildman–Crippen MR) is 98.8 cm³/mol. The molecule has 2 aromatic carbocycles. The molecule has 0 aliphatic heterocycles. The van der Waals surface area contributed by atoms with Crippen LogP contribution < -0.4 is 5.32 Å². The van der Waals surface area contributed by atoms with Gasteiger partial charge in [0.25, 0.3) is 5.91 Å². The third-order valence-electron chi connectivity index (χ3n) is 4.10. The Bertz CT molecular complexity index is 989. The van der Waals surface area contributed by atoms with Gasteiger partial charge in [0.15, 0.2) is 0 Å². The summed E-state index contributed by atoms with van der Waals surface area (Å²) >= 11 is 0. The number of H-pyrrole nitrogens is 1. The van der Waals surface area contributed by atoms with Crippen molar-refractivity contribution in [1.82, 2.24) is 25.3 Å². The third-order valence-corrected chi connectivity index (χ3v) is 4.10. The van der Waals surface area contributed by atoms with Crippen LogP contribution in [0.3, 0.4) is 0 Å². The van der Waals surface area contributed by atoms with Gasteiger partial charge in [0, 0.05) is 30.7 Å². The molecule has 0 saturated heterocycles. The second-order valence-corrected chi connectivity index (χ2v) is 5.85.